The molecule has 0 radical (unpaired) electrons. The molecule has 0 aliphatic rings. The monoisotopic (exact) mass is 277 g/mol. The van der Waals surface area contributed by atoms with Crippen molar-refractivity contribution in [3.8, 4) is 0 Å². The minimum Gasteiger partial charge on any atom is -0.354 e. The van der Waals surface area contributed by atoms with Crippen LogP contribution in [0, 0.1) is 11.8 Å². The first kappa shape index (κ1) is 17.0. The number of aromatic nitrogens is 1. The molecule has 3 nitrogen and oxygen atoms in total. The van der Waals surface area contributed by atoms with Gasteiger partial charge in [0, 0.05) is 25.3 Å². The molecule has 0 aromatic carbocycles. The first-order chi connectivity index (χ1) is 9.40. The standard InChI is InChI=1S/C17H31N3/c1-13(2)9-18-10-16-7-8-17(19-11-16)20(15(5)6)12-14(3)4/h7-8,11,13-15,18H,9-10,12H2,1-6H3. The summed E-state index contributed by atoms with van der Waals surface area (Å²) in [6.45, 7) is 16.4. The lowest BCUT2D eigenvalue weighted by atomic mass is 10.1. The van der Waals surface area contributed by atoms with Gasteiger partial charge in [-0.25, -0.2) is 4.98 Å². The Morgan fingerprint density at radius 2 is 1.75 bits per heavy atom. The van der Waals surface area contributed by atoms with Gasteiger partial charge < -0.3 is 10.2 Å². The van der Waals surface area contributed by atoms with Crippen molar-refractivity contribution < 1.29 is 0 Å². The van der Waals surface area contributed by atoms with Crippen molar-refractivity contribution in [3.63, 3.8) is 0 Å². The van der Waals surface area contributed by atoms with Gasteiger partial charge in [-0.1, -0.05) is 33.8 Å². The second kappa shape index (κ2) is 8.25. The van der Waals surface area contributed by atoms with Crippen LogP contribution in [0.3, 0.4) is 0 Å². The van der Waals surface area contributed by atoms with Crippen molar-refractivity contribution in [2.24, 2.45) is 11.8 Å². The maximum absolute atomic E-state index is 4.64. The molecule has 0 spiro atoms. The van der Waals surface area contributed by atoms with Gasteiger partial charge in [-0.3, -0.25) is 0 Å². The third kappa shape index (κ3) is 5.91. The van der Waals surface area contributed by atoms with Crippen LogP contribution in [0.2, 0.25) is 0 Å². The summed E-state index contributed by atoms with van der Waals surface area (Å²) < 4.78 is 0. The summed E-state index contributed by atoms with van der Waals surface area (Å²) in [4.78, 5) is 7.01. The number of nitrogens with one attached hydrogen (secondary N) is 1. The van der Waals surface area contributed by atoms with E-state index in [0.29, 0.717) is 17.9 Å². The van der Waals surface area contributed by atoms with Crippen molar-refractivity contribution in [1.29, 1.82) is 0 Å². The molecule has 0 aliphatic carbocycles. The molecule has 0 amide bonds. The fourth-order valence-electron chi connectivity index (χ4n) is 2.16. The summed E-state index contributed by atoms with van der Waals surface area (Å²) in [6, 6.07) is 4.81. The van der Waals surface area contributed by atoms with Crippen LogP contribution in [0.25, 0.3) is 0 Å². The zero-order chi connectivity index (χ0) is 15.1. The lowest BCUT2D eigenvalue weighted by molar-refractivity contribution is 0.551. The molecule has 114 valence electrons. The molecule has 1 N–H and O–H groups in total. The minimum absolute atomic E-state index is 0.481. The Hall–Kier alpha value is -1.09. The number of rotatable bonds is 8. The first-order valence-electron chi connectivity index (χ1n) is 7.82. The van der Waals surface area contributed by atoms with Crippen LogP contribution < -0.4 is 10.2 Å². The molecule has 0 saturated heterocycles. The number of pyridine rings is 1. The molecule has 1 aromatic rings. The molecule has 1 aromatic heterocycles. The summed E-state index contributed by atoms with van der Waals surface area (Å²) in [6.07, 6.45) is 2.00. The second-order valence-corrected chi connectivity index (χ2v) is 6.69. The van der Waals surface area contributed by atoms with E-state index in [-0.39, 0.29) is 0 Å². The van der Waals surface area contributed by atoms with Gasteiger partial charge in [0.1, 0.15) is 5.82 Å². The van der Waals surface area contributed by atoms with E-state index in [1.807, 2.05) is 6.20 Å². The smallest absolute Gasteiger partial charge is 0.128 e. The molecular formula is C17H31N3. The fraction of sp³-hybridized carbons (Fsp3) is 0.706. The van der Waals surface area contributed by atoms with Gasteiger partial charge >= 0.3 is 0 Å². The van der Waals surface area contributed by atoms with E-state index in [1.165, 1.54) is 5.56 Å². The molecule has 1 rings (SSSR count). The molecular weight excluding hydrogens is 246 g/mol. The van der Waals surface area contributed by atoms with E-state index in [2.05, 4.69) is 68.9 Å². The van der Waals surface area contributed by atoms with E-state index in [1.54, 1.807) is 0 Å². The molecule has 20 heavy (non-hydrogen) atoms. The summed E-state index contributed by atoms with van der Waals surface area (Å²) in [5.74, 6) is 2.41. The molecule has 0 bridgehead atoms. The van der Waals surface area contributed by atoms with Crippen molar-refractivity contribution in [3.05, 3.63) is 23.9 Å². The van der Waals surface area contributed by atoms with Gasteiger partial charge in [0.25, 0.3) is 0 Å². The van der Waals surface area contributed by atoms with Gasteiger partial charge in [-0.15, -0.1) is 0 Å². The van der Waals surface area contributed by atoms with Gasteiger partial charge in [-0.2, -0.15) is 0 Å². The number of nitrogens with zero attached hydrogens (tertiary/aromatic N) is 2. The van der Waals surface area contributed by atoms with Gasteiger partial charge in [0.15, 0.2) is 0 Å². The summed E-state index contributed by atoms with van der Waals surface area (Å²) in [5, 5.41) is 3.45. The van der Waals surface area contributed by atoms with E-state index in [4.69, 9.17) is 0 Å². The van der Waals surface area contributed by atoms with Gasteiger partial charge in [0.2, 0.25) is 0 Å². The Morgan fingerprint density at radius 1 is 1.05 bits per heavy atom. The van der Waals surface area contributed by atoms with E-state index >= 15 is 0 Å². The maximum atomic E-state index is 4.64. The zero-order valence-electron chi connectivity index (χ0n) is 14.0. The molecule has 0 saturated carbocycles. The van der Waals surface area contributed by atoms with Crippen LogP contribution >= 0.6 is 0 Å². The van der Waals surface area contributed by atoms with Gasteiger partial charge in [-0.05, 0) is 43.9 Å². The Balaban J connectivity index is 2.63. The summed E-state index contributed by atoms with van der Waals surface area (Å²) in [7, 11) is 0. The Labute approximate surface area is 124 Å². The average molecular weight is 277 g/mol. The number of hydrogen-bond acceptors (Lipinski definition) is 3. The third-order valence-corrected chi connectivity index (χ3v) is 3.17. The summed E-state index contributed by atoms with van der Waals surface area (Å²) >= 11 is 0. The van der Waals surface area contributed by atoms with Crippen molar-refractivity contribution in [2.75, 3.05) is 18.0 Å². The molecule has 3 heteroatoms. The lowest BCUT2D eigenvalue weighted by Crippen LogP contribution is -2.34. The van der Waals surface area contributed by atoms with Crippen LogP contribution in [0.1, 0.15) is 47.1 Å². The molecule has 0 aliphatic heterocycles. The number of anilines is 1. The largest absolute Gasteiger partial charge is 0.354 e. The SMILES string of the molecule is CC(C)CNCc1ccc(N(CC(C)C)C(C)C)nc1. The van der Waals surface area contributed by atoms with Crippen molar-refractivity contribution in [1.82, 2.24) is 10.3 Å². The van der Waals surface area contributed by atoms with E-state index in [0.717, 1.165) is 25.5 Å². The Morgan fingerprint density at radius 3 is 2.20 bits per heavy atom. The first-order valence-corrected chi connectivity index (χ1v) is 7.82. The highest BCUT2D eigenvalue weighted by Gasteiger charge is 2.13. The third-order valence-electron chi connectivity index (χ3n) is 3.17. The summed E-state index contributed by atoms with van der Waals surface area (Å²) in [5.41, 5.74) is 1.25. The second-order valence-electron chi connectivity index (χ2n) is 6.69. The highest BCUT2D eigenvalue weighted by Crippen LogP contribution is 2.16. The van der Waals surface area contributed by atoms with Crippen LogP contribution in [0.15, 0.2) is 18.3 Å². The van der Waals surface area contributed by atoms with Crippen molar-refractivity contribution >= 4 is 5.82 Å². The molecule has 0 atom stereocenters. The lowest BCUT2D eigenvalue weighted by Gasteiger charge is -2.29. The van der Waals surface area contributed by atoms with Gasteiger partial charge in [0.05, 0.1) is 0 Å². The normalized spacial score (nSPS) is 11.7. The Bertz CT molecular complexity index is 368. The number of hydrogen-bond donors (Lipinski definition) is 1. The fourth-order valence-corrected chi connectivity index (χ4v) is 2.16. The molecule has 0 fully saturated rings. The molecule has 1 heterocycles. The van der Waals surface area contributed by atoms with Crippen LogP contribution in [0.5, 0.6) is 0 Å². The van der Waals surface area contributed by atoms with Crippen molar-refractivity contribution in [2.45, 2.75) is 54.1 Å². The minimum atomic E-state index is 0.481. The predicted octanol–water partition coefficient (Wildman–Crippen LogP) is 3.70. The maximum Gasteiger partial charge on any atom is 0.128 e. The Kier molecular flexibility index (Phi) is 7.00. The zero-order valence-corrected chi connectivity index (χ0v) is 14.0. The molecule has 0 unspecified atom stereocenters. The van der Waals surface area contributed by atoms with Crippen LogP contribution in [-0.2, 0) is 6.54 Å². The highest BCUT2D eigenvalue weighted by molar-refractivity contribution is 5.40. The van der Waals surface area contributed by atoms with Crippen LogP contribution in [-0.4, -0.2) is 24.1 Å². The topological polar surface area (TPSA) is 28.2 Å². The average Bonchev–Trinajstić information content (AvgIpc) is 2.36. The quantitative estimate of drug-likeness (QED) is 0.785. The predicted molar refractivity (Wildman–Crippen MR) is 88.1 cm³/mol. The van der Waals surface area contributed by atoms with E-state index in [9.17, 15) is 0 Å². The highest BCUT2D eigenvalue weighted by atomic mass is 15.2. The van der Waals surface area contributed by atoms with Crippen LogP contribution in [0.4, 0.5) is 5.82 Å². The van der Waals surface area contributed by atoms with E-state index < -0.39 is 0 Å².